The van der Waals surface area contributed by atoms with E-state index in [9.17, 15) is 14.9 Å². The van der Waals surface area contributed by atoms with E-state index in [0.29, 0.717) is 11.3 Å². The Morgan fingerprint density at radius 2 is 1.87 bits per heavy atom. The van der Waals surface area contributed by atoms with Crippen molar-refractivity contribution in [1.29, 1.82) is 0 Å². The van der Waals surface area contributed by atoms with Crippen LogP contribution in [0.4, 0.5) is 5.69 Å². The van der Waals surface area contributed by atoms with E-state index in [1.165, 1.54) is 24.3 Å². The number of furan rings is 1. The molecule has 1 atom stereocenters. The molecule has 2 aromatic carbocycles. The molecule has 0 fully saturated rings. The number of nitro benzene ring substituents is 1. The van der Waals surface area contributed by atoms with Gasteiger partial charge >= 0.3 is 0 Å². The summed E-state index contributed by atoms with van der Waals surface area (Å²) in [6.07, 6.45) is 0. The van der Waals surface area contributed by atoms with Crippen LogP contribution in [0.2, 0.25) is 0 Å². The van der Waals surface area contributed by atoms with Crippen LogP contribution in [-0.2, 0) is 0 Å². The monoisotopic (exact) mass is 310 g/mol. The zero-order valence-corrected chi connectivity index (χ0v) is 12.4. The lowest BCUT2D eigenvalue weighted by Gasteiger charge is -2.11. The highest BCUT2D eigenvalue weighted by Gasteiger charge is 2.16. The third kappa shape index (κ3) is 3.06. The van der Waals surface area contributed by atoms with Crippen molar-refractivity contribution >= 4 is 22.6 Å². The third-order valence-electron chi connectivity index (χ3n) is 3.56. The standard InChI is InChI=1S/C17H14N2O4/c1-11(16-10-13-4-2-3-5-15(13)23-16)18-17(20)12-6-8-14(9-7-12)19(21)22/h2-11H,1H3,(H,18,20). The van der Waals surface area contributed by atoms with Gasteiger partial charge in [0.1, 0.15) is 11.3 Å². The molecule has 0 aliphatic rings. The molecule has 6 heteroatoms. The van der Waals surface area contributed by atoms with E-state index in [2.05, 4.69) is 5.32 Å². The number of carbonyl (C=O) groups excluding carboxylic acids is 1. The molecule has 116 valence electrons. The summed E-state index contributed by atoms with van der Waals surface area (Å²) in [6.45, 7) is 1.82. The Kier molecular flexibility index (Phi) is 3.80. The van der Waals surface area contributed by atoms with Gasteiger partial charge in [0.25, 0.3) is 11.6 Å². The first kappa shape index (κ1) is 14.8. The van der Waals surface area contributed by atoms with E-state index < -0.39 is 4.92 Å². The minimum Gasteiger partial charge on any atom is -0.459 e. The van der Waals surface area contributed by atoms with Crippen molar-refractivity contribution in [1.82, 2.24) is 5.32 Å². The van der Waals surface area contributed by atoms with Gasteiger partial charge in [-0.25, -0.2) is 0 Å². The van der Waals surface area contributed by atoms with Crippen LogP contribution < -0.4 is 5.32 Å². The van der Waals surface area contributed by atoms with Gasteiger partial charge in [-0.1, -0.05) is 18.2 Å². The fourth-order valence-corrected chi connectivity index (χ4v) is 2.30. The number of fused-ring (bicyclic) bond motifs is 1. The van der Waals surface area contributed by atoms with Crippen LogP contribution in [0, 0.1) is 10.1 Å². The van der Waals surface area contributed by atoms with Gasteiger partial charge in [-0.3, -0.25) is 14.9 Å². The molecule has 0 spiro atoms. The molecule has 0 aliphatic carbocycles. The topological polar surface area (TPSA) is 85.4 Å². The average Bonchev–Trinajstić information content (AvgIpc) is 2.99. The van der Waals surface area contributed by atoms with E-state index in [1.807, 2.05) is 37.3 Å². The number of nitrogens with zero attached hydrogens (tertiary/aromatic N) is 1. The number of rotatable bonds is 4. The minimum absolute atomic E-state index is 0.0492. The van der Waals surface area contributed by atoms with Gasteiger partial charge in [0.2, 0.25) is 0 Å². The van der Waals surface area contributed by atoms with Crippen LogP contribution in [0.15, 0.2) is 59.0 Å². The van der Waals surface area contributed by atoms with E-state index in [1.54, 1.807) is 0 Å². The fraction of sp³-hybridized carbons (Fsp3) is 0.118. The summed E-state index contributed by atoms with van der Waals surface area (Å²) in [5.74, 6) is 0.342. The Hall–Kier alpha value is -3.15. The van der Waals surface area contributed by atoms with E-state index in [4.69, 9.17) is 4.42 Å². The Labute approximate surface area is 131 Å². The Balaban J connectivity index is 1.74. The second kappa shape index (κ2) is 5.92. The lowest BCUT2D eigenvalue weighted by Crippen LogP contribution is -2.26. The second-order valence-electron chi connectivity index (χ2n) is 5.19. The van der Waals surface area contributed by atoms with Gasteiger partial charge in [-0.15, -0.1) is 0 Å². The number of nitro groups is 1. The number of non-ortho nitro benzene ring substituents is 1. The van der Waals surface area contributed by atoms with E-state index >= 15 is 0 Å². The van der Waals surface area contributed by atoms with Crippen LogP contribution in [0.25, 0.3) is 11.0 Å². The van der Waals surface area contributed by atoms with Crippen molar-refractivity contribution in [3.8, 4) is 0 Å². The minimum atomic E-state index is -0.501. The summed E-state index contributed by atoms with van der Waals surface area (Å²) in [5, 5.41) is 14.4. The molecule has 0 bridgehead atoms. The number of para-hydroxylation sites is 1. The van der Waals surface area contributed by atoms with Gasteiger partial charge in [-0.2, -0.15) is 0 Å². The fourth-order valence-electron chi connectivity index (χ4n) is 2.30. The second-order valence-corrected chi connectivity index (χ2v) is 5.19. The number of hydrogen-bond donors (Lipinski definition) is 1. The highest BCUT2D eigenvalue weighted by molar-refractivity contribution is 5.94. The maximum Gasteiger partial charge on any atom is 0.269 e. The first-order valence-corrected chi connectivity index (χ1v) is 7.08. The van der Waals surface area contributed by atoms with Crippen LogP contribution >= 0.6 is 0 Å². The smallest absolute Gasteiger partial charge is 0.269 e. The van der Waals surface area contributed by atoms with Crippen LogP contribution in [-0.4, -0.2) is 10.8 Å². The van der Waals surface area contributed by atoms with Gasteiger partial charge < -0.3 is 9.73 Å². The van der Waals surface area contributed by atoms with Crippen molar-refractivity contribution in [2.75, 3.05) is 0 Å². The summed E-state index contributed by atoms with van der Waals surface area (Å²) in [4.78, 5) is 22.3. The van der Waals surface area contributed by atoms with Crippen molar-refractivity contribution in [3.05, 3.63) is 76.0 Å². The summed E-state index contributed by atoms with van der Waals surface area (Å²) in [5.41, 5.74) is 1.07. The Bertz CT molecular complexity index is 835. The molecule has 3 aromatic rings. The van der Waals surface area contributed by atoms with Gasteiger partial charge in [-0.05, 0) is 31.2 Å². The molecule has 23 heavy (non-hydrogen) atoms. The Morgan fingerprint density at radius 3 is 2.52 bits per heavy atom. The van der Waals surface area contributed by atoms with Crippen LogP contribution in [0.5, 0.6) is 0 Å². The molecule has 0 aliphatic heterocycles. The first-order chi connectivity index (χ1) is 11.0. The zero-order chi connectivity index (χ0) is 16.4. The number of benzene rings is 2. The van der Waals surface area contributed by atoms with Gasteiger partial charge in [0, 0.05) is 23.1 Å². The SMILES string of the molecule is CC(NC(=O)c1ccc([N+](=O)[O-])cc1)c1cc2ccccc2o1. The normalized spacial score (nSPS) is 12.0. The van der Waals surface area contributed by atoms with E-state index in [-0.39, 0.29) is 17.6 Å². The highest BCUT2D eigenvalue weighted by atomic mass is 16.6. The predicted octanol–water partition coefficient (Wildman–Crippen LogP) is 3.83. The number of nitrogens with one attached hydrogen (secondary N) is 1. The van der Waals surface area contributed by atoms with Crippen molar-refractivity contribution < 1.29 is 14.1 Å². The van der Waals surface area contributed by atoms with Crippen LogP contribution in [0.3, 0.4) is 0 Å². The third-order valence-corrected chi connectivity index (χ3v) is 3.56. The lowest BCUT2D eigenvalue weighted by molar-refractivity contribution is -0.384. The predicted molar refractivity (Wildman–Crippen MR) is 85.2 cm³/mol. The van der Waals surface area contributed by atoms with Crippen LogP contribution in [0.1, 0.15) is 29.1 Å². The highest BCUT2D eigenvalue weighted by Crippen LogP contribution is 2.24. The largest absolute Gasteiger partial charge is 0.459 e. The molecule has 0 radical (unpaired) electrons. The maximum atomic E-state index is 12.2. The molecule has 1 amide bonds. The summed E-state index contributed by atoms with van der Waals surface area (Å²) < 4.78 is 5.71. The molecule has 1 aromatic heterocycles. The van der Waals surface area contributed by atoms with Gasteiger partial charge in [0.05, 0.1) is 11.0 Å². The van der Waals surface area contributed by atoms with Crippen molar-refractivity contribution in [2.45, 2.75) is 13.0 Å². The molecular weight excluding hydrogens is 296 g/mol. The molecule has 0 saturated carbocycles. The van der Waals surface area contributed by atoms with Crippen molar-refractivity contribution in [3.63, 3.8) is 0 Å². The molecule has 6 nitrogen and oxygen atoms in total. The number of carbonyl (C=O) groups is 1. The molecular formula is C17H14N2O4. The molecule has 1 unspecified atom stereocenters. The van der Waals surface area contributed by atoms with Crippen molar-refractivity contribution in [2.24, 2.45) is 0 Å². The van der Waals surface area contributed by atoms with E-state index in [0.717, 1.165) is 11.0 Å². The maximum absolute atomic E-state index is 12.2. The zero-order valence-electron chi connectivity index (χ0n) is 12.4. The molecule has 1 N–H and O–H groups in total. The Morgan fingerprint density at radius 1 is 1.17 bits per heavy atom. The van der Waals surface area contributed by atoms with Gasteiger partial charge in [0.15, 0.2) is 0 Å². The first-order valence-electron chi connectivity index (χ1n) is 7.08. The summed E-state index contributed by atoms with van der Waals surface area (Å²) in [7, 11) is 0. The molecule has 3 rings (SSSR count). The molecule has 1 heterocycles. The molecule has 0 saturated heterocycles. The number of amides is 1. The summed E-state index contributed by atoms with van der Waals surface area (Å²) in [6, 6.07) is 14.6. The lowest BCUT2D eigenvalue weighted by atomic mass is 10.1. The summed E-state index contributed by atoms with van der Waals surface area (Å²) >= 11 is 0. The average molecular weight is 310 g/mol. The number of hydrogen-bond acceptors (Lipinski definition) is 4. The quantitative estimate of drug-likeness (QED) is 0.586.